The molecule has 7 heteroatoms. The number of nitrogen functional groups attached to an aromatic ring is 1. The van der Waals surface area contributed by atoms with Crippen molar-refractivity contribution in [1.29, 1.82) is 0 Å². The quantitative estimate of drug-likeness (QED) is 0.679. The number of nitrogens with two attached hydrogens (primary N) is 1. The first kappa shape index (κ1) is 13.7. The van der Waals surface area contributed by atoms with Crippen molar-refractivity contribution in [2.24, 2.45) is 0 Å². The van der Waals surface area contributed by atoms with Crippen LogP contribution in [0.15, 0.2) is 30.6 Å². The predicted molar refractivity (Wildman–Crippen MR) is 73.7 cm³/mol. The van der Waals surface area contributed by atoms with Crippen LogP contribution < -0.4 is 10.5 Å². The van der Waals surface area contributed by atoms with Crippen molar-refractivity contribution in [1.82, 2.24) is 9.97 Å². The zero-order chi connectivity index (χ0) is 14.7. The molecule has 2 aromatic rings. The second kappa shape index (κ2) is 5.52. The minimum atomic E-state index is -0.505. The molecule has 0 atom stereocenters. The summed E-state index contributed by atoms with van der Waals surface area (Å²) in [5.41, 5.74) is 6.31. The Bertz CT molecular complexity index is 643. The average Bonchev–Trinajstić information content (AvgIpc) is 2.38. The van der Waals surface area contributed by atoms with Crippen LogP contribution in [-0.2, 0) is 0 Å². The van der Waals surface area contributed by atoms with Crippen molar-refractivity contribution < 1.29 is 9.66 Å². The van der Waals surface area contributed by atoms with Crippen molar-refractivity contribution in [3.8, 4) is 11.6 Å². The van der Waals surface area contributed by atoms with Crippen LogP contribution in [0, 0.1) is 10.1 Å². The highest BCUT2D eigenvalue weighted by atomic mass is 16.6. The highest BCUT2D eigenvalue weighted by Crippen LogP contribution is 2.35. The number of aromatic nitrogens is 2. The molecule has 0 amide bonds. The van der Waals surface area contributed by atoms with E-state index in [4.69, 9.17) is 10.5 Å². The number of hydrogen-bond acceptors (Lipinski definition) is 6. The van der Waals surface area contributed by atoms with Crippen LogP contribution in [0.5, 0.6) is 11.6 Å². The van der Waals surface area contributed by atoms with Gasteiger partial charge < -0.3 is 10.5 Å². The summed E-state index contributed by atoms with van der Waals surface area (Å²) in [7, 11) is 0. The number of nitrogens with zero attached hydrogens (tertiary/aromatic N) is 3. The Morgan fingerprint density at radius 2 is 2.00 bits per heavy atom. The molecule has 0 unspecified atom stereocenters. The summed E-state index contributed by atoms with van der Waals surface area (Å²) in [6.45, 7) is 3.84. The number of benzene rings is 1. The molecule has 0 aliphatic heterocycles. The molecular formula is C13H14N4O3. The van der Waals surface area contributed by atoms with E-state index in [0.717, 1.165) is 0 Å². The molecular weight excluding hydrogens is 260 g/mol. The number of ether oxygens (including phenoxy) is 1. The van der Waals surface area contributed by atoms with E-state index in [2.05, 4.69) is 9.97 Å². The maximum Gasteiger partial charge on any atom is 0.311 e. The van der Waals surface area contributed by atoms with E-state index in [1.165, 1.54) is 18.5 Å². The van der Waals surface area contributed by atoms with Crippen molar-refractivity contribution in [3.05, 3.63) is 46.3 Å². The Balaban J connectivity index is 2.46. The Labute approximate surface area is 115 Å². The fourth-order valence-electron chi connectivity index (χ4n) is 1.81. The number of hydrogen-bond donors (Lipinski definition) is 1. The third-order valence-corrected chi connectivity index (χ3v) is 2.72. The topological polar surface area (TPSA) is 104 Å². The lowest BCUT2D eigenvalue weighted by molar-refractivity contribution is -0.385. The van der Waals surface area contributed by atoms with Gasteiger partial charge in [-0.3, -0.25) is 10.1 Å². The van der Waals surface area contributed by atoms with Gasteiger partial charge in [-0.15, -0.1) is 0 Å². The largest absolute Gasteiger partial charge is 0.431 e. The standard InChI is InChI=1S/C13H14N4O3/c1-8(2)11-12(14)15-7-16-13(11)20-10-6-4-3-5-9(10)17(18)19/h3-8H,1-2H3,(H2,14,15,16). The van der Waals surface area contributed by atoms with Gasteiger partial charge in [0.05, 0.1) is 10.5 Å². The minimum absolute atomic E-state index is 0.0361. The van der Waals surface area contributed by atoms with Gasteiger partial charge in [0.25, 0.3) is 0 Å². The van der Waals surface area contributed by atoms with E-state index in [-0.39, 0.29) is 23.2 Å². The Morgan fingerprint density at radius 1 is 1.30 bits per heavy atom. The van der Waals surface area contributed by atoms with Crippen LogP contribution >= 0.6 is 0 Å². The van der Waals surface area contributed by atoms with Crippen LogP contribution in [0.1, 0.15) is 25.3 Å². The van der Waals surface area contributed by atoms with Gasteiger partial charge in [-0.25, -0.2) is 9.97 Å². The fourth-order valence-corrected chi connectivity index (χ4v) is 1.81. The highest BCUT2D eigenvalue weighted by Gasteiger charge is 2.19. The number of nitro groups is 1. The van der Waals surface area contributed by atoms with Gasteiger partial charge >= 0.3 is 5.69 Å². The van der Waals surface area contributed by atoms with E-state index in [0.29, 0.717) is 11.4 Å². The van der Waals surface area contributed by atoms with Crippen LogP contribution in [0.2, 0.25) is 0 Å². The van der Waals surface area contributed by atoms with Gasteiger partial charge in [0.1, 0.15) is 12.1 Å². The second-order valence-corrected chi connectivity index (χ2v) is 4.46. The lowest BCUT2D eigenvalue weighted by Crippen LogP contribution is -2.04. The molecule has 7 nitrogen and oxygen atoms in total. The van der Waals surface area contributed by atoms with Gasteiger partial charge in [-0.2, -0.15) is 0 Å². The molecule has 0 fully saturated rings. The van der Waals surface area contributed by atoms with Crippen LogP contribution in [0.25, 0.3) is 0 Å². The molecule has 0 bridgehead atoms. The lowest BCUT2D eigenvalue weighted by Gasteiger charge is -2.13. The van der Waals surface area contributed by atoms with E-state index in [9.17, 15) is 10.1 Å². The van der Waals surface area contributed by atoms with E-state index in [1.54, 1.807) is 12.1 Å². The van der Waals surface area contributed by atoms with Gasteiger partial charge in [0.2, 0.25) is 11.6 Å². The smallest absolute Gasteiger partial charge is 0.311 e. The maximum atomic E-state index is 11.0. The van der Waals surface area contributed by atoms with Gasteiger partial charge in [-0.05, 0) is 12.0 Å². The first-order valence-electron chi connectivity index (χ1n) is 6.02. The molecule has 1 aromatic heterocycles. The molecule has 0 saturated heterocycles. The van der Waals surface area contributed by atoms with E-state index in [1.807, 2.05) is 13.8 Å². The molecule has 2 N–H and O–H groups in total. The average molecular weight is 274 g/mol. The summed E-state index contributed by atoms with van der Waals surface area (Å²) in [6.07, 6.45) is 1.27. The molecule has 104 valence electrons. The summed E-state index contributed by atoms with van der Waals surface area (Å²) < 4.78 is 5.57. The summed E-state index contributed by atoms with van der Waals surface area (Å²) in [5.74, 6) is 0.705. The van der Waals surface area contributed by atoms with Crippen LogP contribution in [0.3, 0.4) is 0 Å². The fraction of sp³-hybridized carbons (Fsp3) is 0.231. The van der Waals surface area contributed by atoms with Gasteiger partial charge in [0, 0.05) is 6.07 Å². The van der Waals surface area contributed by atoms with Crippen LogP contribution in [-0.4, -0.2) is 14.9 Å². The van der Waals surface area contributed by atoms with Crippen molar-refractivity contribution >= 4 is 11.5 Å². The number of nitro benzene ring substituents is 1. The molecule has 20 heavy (non-hydrogen) atoms. The molecule has 0 aliphatic rings. The molecule has 0 aliphatic carbocycles. The molecule has 1 aromatic carbocycles. The van der Waals surface area contributed by atoms with Gasteiger partial charge in [0.15, 0.2) is 0 Å². The SMILES string of the molecule is CC(C)c1c(N)ncnc1Oc1ccccc1[N+](=O)[O-]. The van der Waals surface area contributed by atoms with Gasteiger partial charge in [-0.1, -0.05) is 26.0 Å². The van der Waals surface area contributed by atoms with Crippen LogP contribution in [0.4, 0.5) is 11.5 Å². The maximum absolute atomic E-state index is 11.0. The monoisotopic (exact) mass is 274 g/mol. The number of para-hydroxylation sites is 2. The van der Waals surface area contributed by atoms with Crippen molar-refractivity contribution in [2.75, 3.05) is 5.73 Å². The first-order chi connectivity index (χ1) is 9.50. The molecule has 0 radical (unpaired) electrons. The summed E-state index contributed by atoms with van der Waals surface area (Å²) >= 11 is 0. The number of rotatable bonds is 4. The first-order valence-corrected chi connectivity index (χ1v) is 6.02. The third kappa shape index (κ3) is 2.66. The zero-order valence-corrected chi connectivity index (χ0v) is 11.1. The molecule has 1 heterocycles. The molecule has 0 saturated carbocycles. The summed E-state index contributed by atoms with van der Waals surface area (Å²) in [5, 5.41) is 11.0. The normalized spacial score (nSPS) is 10.6. The summed E-state index contributed by atoms with van der Waals surface area (Å²) in [4.78, 5) is 18.4. The Hall–Kier alpha value is -2.70. The zero-order valence-electron chi connectivity index (χ0n) is 11.1. The second-order valence-electron chi connectivity index (χ2n) is 4.46. The summed E-state index contributed by atoms with van der Waals surface area (Å²) in [6, 6.07) is 6.11. The van der Waals surface area contributed by atoms with Crippen molar-refractivity contribution in [2.45, 2.75) is 19.8 Å². The third-order valence-electron chi connectivity index (χ3n) is 2.72. The molecule has 0 spiro atoms. The predicted octanol–water partition coefficient (Wildman–Crippen LogP) is 2.88. The molecule has 2 rings (SSSR count). The van der Waals surface area contributed by atoms with E-state index >= 15 is 0 Å². The Morgan fingerprint density at radius 3 is 2.65 bits per heavy atom. The van der Waals surface area contributed by atoms with E-state index < -0.39 is 4.92 Å². The lowest BCUT2D eigenvalue weighted by atomic mass is 10.1. The number of anilines is 1. The minimum Gasteiger partial charge on any atom is -0.431 e. The highest BCUT2D eigenvalue weighted by molar-refractivity contribution is 5.52. The Kier molecular flexibility index (Phi) is 3.79. The van der Waals surface area contributed by atoms with Crippen molar-refractivity contribution in [3.63, 3.8) is 0 Å².